The van der Waals surface area contributed by atoms with Gasteiger partial charge >= 0.3 is 0 Å². The quantitative estimate of drug-likeness (QED) is 0.844. The highest BCUT2D eigenvalue weighted by Crippen LogP contribution is 2.34. The predicted molar refractivity (Wildman–Crippen MR) is 104 cm³/mol. The van der Waals surface area contributed by atoms with Crippen LogP contribution in [0.15, 0.2) is 46.9 Å². The second-order valence-corrected chi connectivity index (χ2v) is 7.74. The maximum atomic E-state index is 13.1. The van der Waals surface area contributed by atoms with Crippen LogP contribution in [-0.4, -0.2) is 56.6 Å². The Hall–Kier alpha value is -2.22. The summed E-state index contributed by atoms with van der Waals surface area (Å²) in [5.41, 5.74) is 2.06. The standard InChI is InChI=1S/C20H23N3O3S/c1-25-16-6-4-15(5-7-16)18-13-17(19-3-2-12-27-19)21-23(18)20(24)14-22-8-10-26-11-9-22/h2-7,12,18H,8-11,13-14H2,1H3/p+1/t18-/m0/s1. The van der Waals surface area contributed by atoms with Gasteiger partial charge in [-0.3, -0.25) is 4.79 Å². The van der Waals surface area contributed by atoms with Gasteiger partial charge in [0, 0.05) is 6.42 Å². The molecule has 1 aromatic carbocycles. The molecule has 27 heavy (non-hydrogen) atoms. The summed E-state index contributed by atoms with van der Waals surface area (Å²) >= 11 is 1.66. The van der Waals surface area contributed by atoms with Gasteiger partial charge in [-0.05, 0) is 29.1 Å². The van der Waals surface area contributed by atoms with Gasteiger partial charge in [0.15, 0.2) is 6.54 Å². The number of carbonyl (C=O) groups excluding carboxylic acids is 1. The number of carbonyl (C=O) groups is 1. The molecule has 4 rings (SSSR count). The highest BCUT2D eigenvalue weighted by Gasteiger charge is 2.35. The second kappa shape index (κ2) is 8.21. The first-order valence-corrected chi connectivity index (χ1v) is 10.1. The van der Waals surface area contributed by atoms with Crippen molar-refractivity contribution in [3.63, 3.8) is 0 Å². The number of nitrogens with one attached hydrogen (secondary N) is 1. The molecular formula is C20H24N3O3S+. The minimum atomic E-state index is -0.0686. The van der Waals surface area contributed by atoms with Crippen molar-refractivity contribution in [2.75, 3.05) is 40.0 Å². The van der Waals surface area contributed by atoms with Crippen molar-refractivity contribution in [1.29, 1.82) is 0 Å². The van der Waals surface area contributed by atoms with Gasteiger partial charge in [0.05, 0.1) is 37.0 Å². The molecule has 1 amide bonds. The number of ether oxygens (including phenoxy) is 2. The highest BCUT2D eigenvalue weighted by molar-refractivity contribution is 7.12. The van der Waals surface area contributed by atoms with Crippen LogP contribution in [0.25, 0.3) is 0 Å². The molecule has 2 aliphatic heterocycles. The van der Waals surface area contributed by atoms with Crippen LogP contribution >= 0.6 is 11.3 Å². The molecule has 0 radical (unpaired) electrons. The van der Waals surface area contributed by atoms with Crippen LogP contribution in [-0.2, 0) is 9.53 Å². The zero-order valence-electron chi connectivity index (χ0n) is 15.4. The Morgan fingerprint density at radius 2 is 2.07 bits per heavy atom. The van der Waals surface area contributed by atoms with Crippen LogP contribution < -0.4 is 9.64 Å². The Bertz CT molecular complexity index is 798. The first-order chi connectivity index (χ1) is 13.2. The molecule has 1 saturated heterocycles. The lowest BCUT2D eigenvalue weighted by atomic mass is 10.0. The van der Waals surface area contributed by atoms with E-state index in [1.807, 2.05) is 35.7 Å². The molecular weight excluding hydrogens is 362 g/mol. The van der Waals surface area contributed by atoms with Crippen molar-refractivity contribution < 1.29 is 19.2 Å². The average molecular weight is 386 g/mol. The van der Waals surface area contributed by atoms with Crippen LogP contribution in [0.4, 0.5) is 0 Å². The number of thiophene rings is 1. The van der Waals surface area contributed by atoms with Crippen LogP contribution in [0.2, 0.25) is 0 Å². The average Bonchev–Trinajstić information content (AvgIpc) is 3.39. The van der Waals surface area contributed by atoms with Gasteiger partial charge in [-0.15, -0.1) is 11.3 Å². The van der Waals surface area contributed by atoms with E-state index >= 15 is 0 Å². The van der Waals surface area contributed by atoms with E-state index in [0.29, 0.717) is 19.8 Å². The number of benzene rings is 1. The number of rotatable bonds is 5. The van der Waals surface area contributed by atoms with E-state index in [2.05, 4.69) is 6.07 Å². The number of quaternary nitrogens is 1. The molecule has 0 unspecified atom stereocenters. The van der Waals surface area contributed by atoms with Gasteiger partial charge < -0.3 is 14.4 Å². The molecule has 1 N–H and O–H groups in total. The second-order valence-electron chi connectivity index (χ2n) is 6.79. The third-order valence-corrected chi connectivity index (χ3v) is 5.99. The molecule has 1 aromatic heterocycles. The van der Waals surface area contributed by atoms with Crippen molar-refractivity contribution in [1.82, 2.24) is 5.01 Å². The van der Waals surface area contributed by atoms with Crippen LogP contribution in [0.3, 0.4) is 0 Å². The summed E-state index contributed by atoms with van der Waals surface area (Å²) in [5, 5.41) is 8.47. The first kappa shape index (κ1) is 18.2. The fourth-order valence-corrected chi connectivity index (χ4v) is 4.27. The molecule has 7 heteroatoms. The summed E-state index contributed by atoms with van der Waals surface area (Å²) in [4.78, 5) is 15.5. The van der Waals surface area contributed by atoms with E-state index < -0.39 is 0 Å². The molecule has 1 fully saturated rings. The third kappa shape index (κ3) is 4.05. The first-order valence-electron chi connectivity index (χ1n) is 9.23. The Morgan fingerprint density at radius 1 is 1.30 bits per heavy atom. The lowest BCUT2D eigenvalue weighted by Gasteiger charge is -2.27. The fourth-order valence-electron chi connectivity index (χ4n) is 3.55. The van der Waals surface area contributed by atoms with Crippen LogP contribution in [0, 0.1) is 0 Å². The van der Waals surface area contributed by atoms with Gasteiger partial charge in [-0.2, -0.15) is 5.10 Å². The largest absolute Gasteiger partial charge is 0.497 e. The topological polar surface area (TPSA) is 55.6 Å². The molecule has 1 atom stereocenters. The minimum Gasteiger partial charge on any atom is -0.497 e. The maximum Gasteiger partial charge on any atom is 0.298 e. The Morgan fingerprint density at radius 3 is 2.74 bits per heavy atom. The number of morpholine rings is 1. The van der Waals surface area contributed by atoms with E-state index in [-0.39, 0.29) is 11.9 Å². The molecule has 3 heterocycles. The van der Waals surface area contributed by atoms with Crippen molar-refractivity contribution in [2.45, 2.75) is 12.5 Å². The monoisotopic (exact) mass is 386 g/mol. The number of hydrogen-bond donors (Lipinski definition) is 1. The summed E-state index contributed by atoms with van der Waals surface area (Å²) in [6, 6.07) is 11.9. The van der Waals surface area contributed by atoms with Gasteiger partial charge in [0.1, 0.15) is 18.8 Å². The molecule has 142 valence electrons. The lowest BCUT2D eigenvalue weighted by Crippen LogP contribution is -3.15. The van der Waals surface area contributed by atoms with Gasteiger partial charge in [0.2, 0.25) is 0 Å². The molecule has 0 aliphatic carbocycles. The SMILES string of the molecule is COc1ccc([C@@H]2CC(c3cccs3)=NN2C(=O)C[NH+]2CCOCC2)cc1. The van der Waals surface area contributed by atoms with Crippen LogP contribution in [0.1, 0.15) is 22.9 Å². The van der Waals surface area contributed by atoms with Gasteiger partial charge in [-0.25, -0.2) is 5.01 Å². The van der Waals surface area contributed by atoms with Crippen molar-refractivity contribution in [2.24, 2.45) is 5.10 Å². The number of nitrogens with zero attached hydrogens (tertiary/aromatic N) is 2. The fraction of sp³-hybridized carbons (Fsp3) is 0.400. The normalized spacial score (nSPS) is 20.6. The third-order valence-electron chi connectivity index (χ3n) is 5.07. The Kier molecular flexibility index (Phi) is 5.52. The smallest absolute Gasteiger partial charge is 0.298 e. The van der Waals surface area contributed by atoms with E-state index in [1.165, 1.54) is 4.90 Å². The van der Waals surface area contributed by atoms with Crippen molar-refractivity contribution in [3.05, 3.63) is 52.2 Å². The number of hydrogen-bond acceptors (Lipinski definition) is 5. The van der Waals surface area contributed by atoms with E-state index in [9.17, 15) is 4.79 Å². The number of methoxy groups -OCH3 is 1. The van der Waals surface area contributed by atoms with E-state index in [0.717, 1.165) is 41.4 Å². The molecule has 0 saturated carbocycles. The maximum absolute atomic E-state index is 13.1. The molecule has 2 aromatic rings. The summed E-state index contributed by atoms with van der Waals surface area (Å²) < 4.78 is 10.7. The van der Waals surface area contributed by atoms with Gasteiger partial charge in [-0.1, -0.05) is 18.2 Å². The summed E-state index contributed by atoms with van der Waals surface area (Å²) in [7, 11) is 1.66. The summed E-state index contributed by atoms with van der Waals surface area (Å²) in [6.07, 6.45) is 0.733. The number of hydrazone groups is 1. The zero-order chi connectivity index (χ0) is 18.6. The van der Waals surface area contributed by atoms with Crippen molar-refractivity contribution >= 4 is 23.0 Å². The molecule has 6 nitrogen and oxygen atoms in total. The molecule has 2 aliphatic rings. The highest BCUT2D eigenvalue weighted by atomic mass is 32.1. The minimum absolute atomic E-state index is 0.0686. The predicted octanol–water partition coefficient (Wildman–Crippen LogP) is 1.35. The lowest BCUT2D eigenvalue weighted by molar-refractivity contribution is -0.900. The summed E-state index contributed by atoms with van der Waals surface area (Å²) in [5.74, 6) is 0.881. The van der Waals surface area contributed by atoms with Crippen LogP contribution in [0.5, 0.6) is 5.75 Å². The number of amides is 1. The zero-order valence-corrected chi connectivity index (χ0v) is 16.2. The summed E-state index contributed by atoms with van der Waals surface area (Å²) in [6.45, 7) is 3.63. The van der Waals surface area contributed by atoms with Gasteiger partial charge in [0.25, 0.3) is 5.91 Å². The Labute approximate surface area is 163 Å². The van der Waals surface area contributed by atoms with E-state index in [1.54, 1.807) is 23.5 Å². The molecule has 0 bridgehead atoms. The van der Waals surface area contributed by atoms with E-state index in [4.69, 9.17) is 14.6 Å². The van der Waals surface area contributed by atoms with Crippen molar-refractivity contribution in [3.8, 4) is 5.75 Å². The Balaban J connectivity index is 1.57. The molecule has 0 spiro atoms.